The fraction of sp³-hybridized carbons (Fsp3) is 0.0682. The summed E-state index contributed by atoms with van der Waals surface area (Å²) in [5.74, 6) is -2.52. The minimum atomic E-state index is -1.25. The van der Waals surface area contributed by atoms with Gasteiger partial charge in [0.1, 0.15) is 28.4 Å². The predicted molar refractivity (Wildman–Crippen MR) is 210 cm³/mol. The Kier molecular flexibility index (Phi) is 8.57. The van der Waals surface area contributed by atoms with Crippen LogP contribution in [0.3, 0.4) is 0 Å². The van der Waals surface area contributed by atoms with E-state index in [9.17, 15) is 34.5 Å². The normalized spacial score (nSPS) is 11.3. The molecule has 4 aliphatic rings. The molecule has 4 aromatic rings. The lowest BCUT2D eigenvalue weighted by molar-refractivity contribution is 0.0686. The molecule has 2 aliphatic heterocycles. The smallest absolute Gasteiger partial charge is 0.336 e. The molecule has 4 aromatic carbocycles. The summed E-state index contributed by atoms with van der Waals surface area (Å²) in [5, 5.41) is 43.2. The standard InChI is InChI=1S/C44H31N3O9/c1-47(2)25-6-12-31-37(18-25)55-36-17-24(45)5-11-30(36)41(31)29-10-4-23(16-35(29)44(53)54)42(50)46-21-22-3-9-28(34(15-22)43(51)52)40-32-13-7-26(48)19-38(32)56-39-20-27(49)8-14-33(39)40/h3-20,45,48H,21H2,1-2H3,(H,46,50)(H,51,52)(H,53,54). The van der Waals surface area contributed by atoms with Crippen molar-refractivity contribution in [3.05, 3.63) is 147 Å². The number of amides is 1. The molecule has 0 radical (unpaired) electrons. The van der Waals surface area contributed by atoms with Crippen LogP contribution in [-0.2, 0) is 6.54 Å². The van der Waals surface area contributed by atoms with Crippen LogP contribution in [0.15, 0.2) is 123 Å². The molecular weight excluding hydrogens is 714 g/mol. The van der Waals surface area contributed by atoms with E-state index >= 15 is 0 Å². The maximum absolute atomic E-state index is 13.5. The van der Waals surface area contributed by atoms with Gasteiger partial charge in [0.05, 0.1) is 16.5 Å². The van der Waals surface area contributed by atoms with E-state index in [0.29, 0.717) is 61.1 Å². The number of nitrogens with zero attached hydrogens (tertiary/aromatic N) is 1. The molecule has 0 saturated heterocycles. The first-order valence-electron chi connectivity index (χ1n) is 17.3. The van der Waals surface area contributed by atoms with Gasteiger partial charge >= 0.3 is 11.9 Å². The van der Waals surface area contributed by atoms with Gasteiger partial charge in [0.15, 0.2) is 5.43 Å². The van der Waals surface area contributed by atoms with Crippen LogP contribution in [0, 0.1) is 5.41 Å². The third kappa shape index (κ3) is 6.24. The highest BCUT2D eigenvalue weighted by atomic mass is 16.4. The van der Waals surface area contributed by atoms with Gasteiger partial charge in [-0.25, -0.2) is 9.59 Å². The summed E-state index contributed by atoms with van der Waals surface area (Å²) in [7, 11) is 3.78. The Morgan fingerprint density at radius 1 is 0.661 bits per heavy atom. The van der Waals surface area contributed by atoms with Crippen LogP contribution in [0.1, 0.15) is 36.6 Å². The highest BCUT2D eigenvalue weighted by Gasteiger charge is 2.25. The topological polar surface area (TPSA) is 194 Å². The molecule has 276 valence electrons. The number of carboxylic acids is 2. The lowest BCUT2D eigenvalue weighted by atomic mass is 9.89. The van der Waals surface area contributed by atoms with Crippen LogP contribution in [-0.4, -0.2) is 47.3 Å². The van der Waals surface area contributed by atoms with Gasteiger partial charge in [-0.15, -0.1) is 0 Å². The van der Waals surface area contributed by atoms with E-state index in [1.54, 1.807) is 48.5 Å². The second-order valence-corrected chi connectivity index (χ2v) is 13.5. The van der Waals surface area contributed by atoms with Gasteiger partial charge in [0, 0.05) is 89.2 Å². The molecule has 0 unspecified atom stereocenters. The molecule has 0 saturated carbocycles. The number of phenolic OH excluding ortho intramolecular Hbond substituents is 1. The van der Waals surface area contributed by atoms with Gasteiger partial charge in [0.25, 0.3) is 5.91 Å². The van der Waals surface area contributed by atoms with Gasteiger partial charge < -0.3 is 39.8 Å². The van der Waals surface area contributed by atoms with Crippen molar-refractivity contribution in [2.45, 2.75) is 6.54 Å². The first-order chi connectivity index (χ1) is 26.9. The third-order valence-corrected chi connectivity index (χ3v) is 9.72. The summed E-state index contributed by atoms with van der Waals surface area (Å²) in [5.41, 5.74) is 4.48. The Bertz CT molecular complexity index is 3000. The van der Waals surface area contributed by atoms with E-state index in [1.165, 1.54) is 42.5 Å². The third-order valence-electron chi connectivity index (χ3n) is 9.72. The lowest BCUT2D eigenvalue weighted by Gasteiger charge is -2.19. The summed E-state index contributed by atoms with van der Waals surface area (Å²) < 4.78 is 12.1. The number of rotatable bonds is 8. The largest absolute Gasteiger partial charge is 0.508 e. The number of phenols is 1. The monoisotopic (exact) mass is 745 g/mol. The summed E-state index contributed by atoms with van der Waals surface area (Å²) in [4.78, 5) is 53.1. The molecule has 1 amide bonds. The van der Waals surface area contributed by atoms with E-state index in [2.05, 4.69) is 5.32 Å². The molecule has 2 aliphatic carbocycles. The van der Waals surface area contributed by atoms with Crippen LogP contribution < -0.4 is 21.0 Å². The van der Waals surface area contributed by atoms with E-state index < -0.39 is 17.8 Å². The zero-order chi connectivity index (χ0) is 39.4. The number of carboxylic acid groups (broad SMARTS) is 2. The van der Waals surface area contributed by atoms with Crippen LogP contribution >= 0.6 is 0 Å². The Hall–Kier alpha value is -7.73. The van der Waals surface area contributed by atoms with Gasteiger partial charge in [-0.1, -0.05) is 18.2 Å². The predicted octanol–water partition coefficient (Wildman–Crippen LogP) is 7.66. The number of carbonyl (C=O) groups excluding carboxylic acids is 1. The van der Waals surface area contributed by atoms with Crippen LogP contribution in [0.25, 0.3) is 66.8 Å². The van der Waals surface area contributed by atoms with Gasteiger partial charge in [0.2, 0.25) is 0 Å². The second kappa shape index (κ2) is 13.6. The number of nitrogens with one attached hydrogen (secondary N) is 2. The maximum atomic E-state index is 13.5. The maximum Gasteiger partial charge on any atom is 0.336 e. The first-order valence-corrected chi connectivity index (χ1v) is 17.3. The Morgan fingerprint density at radius 2 is 1.25 bits per heavy atom. The van der Waals surface area contributed by atoms with E-state index in [1.807, 2.05) is 37.2 Å². The van der Waals surface area contributed by atoms with E-state index in [-0.39, 0.29) is 51.1 Å². The number of carbonyl (C=O) groups is 3. The van der Waals surface area contributed by atoms with Crippen molar-refractivity contribution in [2.24, 2.45) is 0 Å². The van der Waals surface area contributed by atoms with Gasteiger partial charge in [-0.3, -0.25) is 9.59 Å². The van der Waals surface area contributed by atoms with Crippen molar-refractivity contribution >= 4 is 45.5 Å². The number of hydrogen-bond acceptors (Lipinski definition) is 9. The number of aromatic carboxylic acids is 2. The van der Waals surface area contributed by atoms with Crippen molar-refractivity contribution in [3.63, 3.8) is 0 Å². The lowest BCUT2D eigenvalue weighted by Crippen LogP contribution is -2.23. The molecule has 0 bridgehead atoms. The first kappa shape index (κ1) is 35.3. The minimum absolute atomic E-state index is 0.0698. The molecule has 0 atom stereocenters. The summed E-state index contributed by atoms with van der Waals surface area (Å²) in [6, 6.07) is 28.3. The number of fused-ring (bicyclic) bond motifs is 4. The zero-order valence-corrected chi connectivity index (χ0v) is 29.8. The molecule has 8 rings (SSSR count). The fourth-order valence-electron chi connectivity index (χ4n) is 7.06. The second-order valence-electron chi connectivity index (χ2n) is 13.5. The fourth-order valence-corrected chi connectivity index (χ4v) is 7.06. The van der Waals surface area contributed by atoms with Crippen molar-refractivity contribution in [1.82, 2.24) is 5.32 Å². The van der Waals surface area contributed by atoms with Gasteiger partial charge in [-0.05, 0) is 83.4 Å². The molecule has 12 nitrogen and oxygen atoms in total. The number of hydrogen-bond donors (Lipinski definition) is 5. The van der Waals surface area contributed by atoms with Crippen molar-refractivity contribution in [3.8, 4) is 50.7 Å². The quantitative estimate of drug-likeness (QED) is 0.0964. The average Bonchev–Trinajstić information content (AvgIpc) is 3.17. The molecule has 5 N–H and O–H groups in total. The minimum Gasteiger partial charge on any atom is -0.508 e. The molecule has 2 heterocycles. The Morgan fingerprint density at radius 3 is 1.93 bits per heavy atom. The van der Waals surface area contributed by atoms with E-state index in [4.69, 9.17) is 14.2 Å². The van der Waals surface area contributed by atoms with Crippen LogP contribution in [0.4, 0.5) is 5.69 Å². The van der Waals surface area contributed by atoms with Crippen molar-refractivity contribution in [1.29, 1.82) is 5.41 Å². The molecule has 56 heavy (non-hydrogen) atoms. The van der Waals surface area contributed by atoms with Crippen molar-refractivity contribution in [2.75, 3.05) is 19.0 Å². The average molecular weight is 746 g/mol. The molecule has 12 heteroatoms. The van der Waals surface area contributed by atoms with E-state index in [0.717, 1.165) is 5.69 Å². The number of benzene rings is 6. The summed E-state index contributed by atoms with van der Waals surface area (Å²) >= 11 is 0. The van der Waals surface area contributed by atoms with Gasteiger partial charge in [-0.2, -0.15) is 0 Å². The summed E-state index contributed by atoms with van der Waals surface area (Å²) in [6.45, 7) is -0.0816. The molecule has 0 aromatic heterocycles. The van der Waals surface area contributed by atoms with Crippen molar-refractivity contribution < 1.29 is 38.5 Å². The zero-order valence-electron chi connectivity index (χ0n) is 29.8. The Labute approximate surface area is 317 Å². The molecular formula is C44H31N3O9. The highest BCUT2D eigenvalue weighted by molar-refractivity contribution is 6.10. The van der Waals surface area contributed by atoms with Crippen LogP contribution in [0.2, 0.25) is 0 Å². The summed E-state index contributed by atoms with van der Waals surface area (Å²) in [6.07, 6.45) is 0. The molecule has 0 fully saturated rings. The Balaban J connectivity index is 1.14. The molecule has 0 spiro atoms. The number of anilines is 1. The highest BCUT2D eigenvalue weighted by Crippen LogP contribution is 2.44. The van der Waals surface area contributed by atoms with Crippen LogP contribution in [0.5, 0.6) is 5.75 Å². The number of aromatic hydroxyl groups is 1. The SMILES string of the molecule is CN(C)c1ccc2c(-c3ccc(C(=O)NCc4ccc(-c5c6ccc(=O)cc-6oc6cc(O)ccc56)c(C(=O)O)c4)cc3C(=O)O)c3ccc(=N)cc-3oc2c1.